The number of pyridine rings is 1. The monoisotopic (exact) mass is 349 g/mol. The molecule has 0 saturated carbocycles. The summed E-state index contributed by atoms with van der Waals surface area (Å²) in [5.41, 5.74) is 8.02. The number of likely N-dealkylation sites (N-methyl/N-ethyl adjacent to an activating group) is 1. The zero-order chi connectivity index (χ0) is 16.8. The number of anilines is 1. The molecule has 130 valence electrons. The number of methoxy groups -OCH3 is 1. The lowest BCUT2D eigenvalue weighted by Gasteiger charge is -2.25. The van der Waals surface area contributed by atoms with Crippen LogP contribution in [0.1, 0.15) is 18.2 Å². The number of amides is 1. The molecule has 1 atom stereocenters. The van der Waals surface area contributed by atoms with Gasteiger partial charge in [0.1, 0.15) is 5.75 Å². The van der Waals surface area contributed by atoms with Gasteiger partial charge in [-0.05, 0) is 37.1 Å². The first-order chi connectivity index (χ1) is 11.0. The molecular formula is C18H24ClN3O2. The molecule has 2 rings (SSSR count). The zero-order valence-corrected chi connectivity index (χ0v) is 15.0. The van der Waals surface area contributed by atoms with E-state index in [9.17, 15) is 4.79 Å². The SMILES string of the molecule is COc1ccccc1CC(C)N(C)C(=O)Cc1ccc(N)cn1.Cl. The highest BCUT2D eigenvalue weighted by atomic mass is 35.5. The Balaban J connectivity index is 0.00000288. The molecule has 1 unspecified atom stereocenters. The van der Waals surface area contributed by atoms with Crippen LogP contribution in [-0.2, 0) is 17.6 Å². The molecule has 2 aromatic rings. The van der Waals surface area contributed by atoms with Gasteiger partial charge in [-0.15, -0.1) is 12.4 Å². The van der Waals surface area contributed by atoms with Gasteiger partial charge in [0.05, 0.1) is 25.4 Å². The number of hydrogen-bond donors (Lipinski definition) is 1. The fourth-order valence-corrected chi connectivity index (χ4v) is 2.39. The van der Waals surface area contributed by atoms with Gasteiger partial charge in [0.25, 0.3) is 0 Å². The Morgan fingerprint density at radius 3 is 2.62 bits per heavy atom. The van der Waals surface area contributed by atoms with E-state index >= 15 is 0 Å². The molecule has 1 heterocycles. The maximum absolute atomic E-state index is 12.4. The third-order valence-electron chi connectivity index (χ3n) is 3.94. The van der Waals surface area contributed by atoms with Crippen molar-refractivity contribution in [2.45, 2.75) is 25.8 Å². The highest BCUT2D eigenvalue weighted by molar-refractivity contribution is 5.85. The van der Waals surface area contributed by atoms with Crippen molar-refractivity contribution < 1.29 is 9.53 Å². The summed E-state index contributed by atoms with van der Waals surface area (Å²) in [6.45, 7) is 2.03. The molecule has 0 aliphatic carbocycles. The van der Waals surface area contributed by atoms with Gasteiger partial charge in [-0.2, -0.15) is 0 Å². The molecule has 1 aromatic carbocycles. The molecule has 0 radical (unpaired) electrons. The molecule has 1 amide bonds. The summed E-state index contributed by atoms with van der Waals surface area (Å²) in [5, 5.41) is 0. The van der Waals surface area contributed by atoms with Crippen molar-refractivity contribution in [3.8, 4) is 5.75 Å². The second kappa shape index (κ2) is 9.13. The number of para-hydroxylation sites is 1. The average Bonchev–Trinajstić information content (AvgIpc) is 2.56. The minimum atomic E-state index is 0. The van der Waals surface area contributed by atoms with Gasteiger partial charge in [-0.3, -0.25) is 9.78 Å². The normalized spacial score (nSPS) is 11.3. The number of benzene rings is 1. The van der Waals surface area contributed by atoms with Gasteiger partial charge in [0.15, 0.2) is 0 Å². The summed E-state index contributed by atoms with van der Waals surface area (Å²) < 4.78 is 5.37. The third-order valence-corrected chi connectivity index (χ3v) is 3.94. The standard InChI is InChI=1S/C18H23N3O2.ClH/c1-13(10-14-6-4-5-7-17(14)23-3)21(2)18(22)11-16-9-8-15(19)12-20-16;/h4-9,12-13H,10-11,19H2,1-3H3;1H. The molecule has 1 aromatic heterocycles. The molecule has 0 aliphatic rings. The molecule has 0 saturated heterocycles. The summed E-state index contributed by atoms with van der Waals surface area (Å²) in [6.07, 6.45) is 2.58. The number of hydrogen-bond acceptors (Lipinski definition) is 4. The van der Waals surface area contributed by atoms with E-state index in [0.29, 0.717) is 5.69 Å². The Morgan fingerprint density at radius 1 is 1.29 bits per heavy atom. The van der Waals surface area contributed by atoms with Crippen molar-refractivity contribution in [1.29, 1.82) is 0 Å². The predicted molar refractivity (Wildman–Crippen MR) is 98.5 cm³/mol. The third kappa shape index (κ3) is 5.13. The van der Waals surface area contributed by atoms with E-state index in [-0.39, 0.29) is 30.8 Å². The topological polar surface area (TPSA) is 68.5 Å². The maximum Gasteiger partial charge on any atom is 0.228 e. The van der Waals surface area contributed by atoms with E-state index in [1.807, 2.05) is 38.2 Å². The fraction of sp³-hybridized carbons (Fsp3) is 0.333. The first-order valence-corrected chi connectivity index (χ1v) is 7.59. The number of ether oxygens (including phenoxy) is 1. The average molecular weight is 350 g/mol. The molecular weight excluding hydrogens is 326 g/mol. The van der Waals surface area contributed by atoms with Gasteiger partial charge in [0.2, 0.25) is 5.91 Å². The largest absolute Gasteiger partial charge is 0.496 e. The molecule has 24 heavy (non-hydrogen) atoms. The Morgan fingerprint density at radius 2 is 2.00 bits per heavy atom. The summed E-state index contributed by atoms with van der Waals surface area (Å²) >= 11 is 0. The number of halogens is 1. The van der Waals surface area contributed by atoms with Crippen LogP contribution in [0.25, 0.3) is 0 Å². The first kappa shape index (κ1) is 19.8. The van der Waals surface area contributed by atoms with Crippen LogP contribution in [0.3, 0.4) is 0 Å². The number of carbonyl (C=O) groups is 1. The lowest BCUT2D eigenvalue weighted by Crippen LogP contribution is -2.37. The van der Waals surface area contributed by atoms with Gasteiger partial charge < -0.3 is 15.4 Å². The van der Waals surface area contributed by atoms with Gasteiger partial charge in [-0.25, -0.2) is 0 Å². The Hall–Kier alpha value is -2.27. The van der Waals surface area contributed by atoms with E-state index in [0.717, 1.165) is 23.4 Å². The second-order valence-electron chi connectivity index (χ2n) is 5.63. The van der Waals surface area contributed by atoms with Crippen LogP contribution in [-0.4, -0.2) is 36.0 Å². The van der Waals surface area contributed by atoms with Gasteiger partial charge in [-0.1, -0.05) is 18.2 Å². The number of nitrogens with zero attached hydrogens (tertiary/aromatic N) is 2. The van der Waals surface area contributed by atoms with E-state index in [1.54, 1.807) is 30.3 Å². The molecule has 0 bridgehead atoms. The number of aromatic nitrogens is 1. The number of rotatable bonds is 6. The van der Waals surface area contributed by atoms with Gasteiger partial charge >= 0.3 is 0 Å². The number of carbonyl (C=O) groups excluding carboxylic acids is 1. The lowest BCUT2D eigenvalue weighted by atomic mass is 10.0. The molecule has 0 fully saturated rings. The maximum atomic E-state index is 12.4. The Bertz CT molecular complexity index is 662. The van der Waals surface area contributed by atoms with Crippen molar-refractivity contribution >= 4 is 24.0 Å². The van der Waals surface area contributed by atoms with E-state index < -0.39 is 0 Å². The van der Waals surface area contributed by atoms with Crippen molar-refractivity contribution in [1.82, 2.24) is 9.88 Å². The summed E-state index contributed by atoms with van der Waals surface area (Å²) in [5.74, 6) is 0.880. The quantitative estimate of drug-likeness (QED) is 0.870. The highest BCUT2D eigenvalue weighted by Crippen LogP contribution is 2.20. The minimum absolute atomic E-state index is 0. The highest BCUT2D eigenvalue weighted by Gasteiger charge is 2.18. The number of nitrogens with two attached hydrogens (primary N) is 1. The second-order valence-corrected chi connectivity index (χ2v) is 5.63. The molecule has 0 aliphatic heterocycles. The Kier molecular flexibility index (Phi) is 7.52. The fourth-order valence-electron chi connectivity index (χ4n) is 2.39. The minimum Gasteiger partial charge on any atom is -0.496 e. The van der Waals surface area contributed by atoms with Crippen molar-refractivity contribution in [3.63, 3.8) is 0 Å². The van der Waals surface area contributed by atoms with E-state index in [2.05, 4.69) is 4.98 Å². The van der Waals surface area contributed by atoms with E-state index in [4.69, 9.17) is 10.5 Å². The number of nitrogen functional groups attached to an aromatic ring is 1. The summed E-state index contributed by atoms with van der Waals surface area (Å²) in [7, 11) is 3.48. The van der Waals surface area contributed by atoms with Crippen LogP contribution in [0.5, 0.6) is 5.75 Å². The van der Waals surface area contributed by atoms with Crippen LogP contribution in [0.4, 0.5) is 5.69 Å². The van der Waals surface area contributed by atoms with Crippen molar-refractivity contribution in [2.24, 2.45) is 0 Å². The van der Waals surface area contributed by atoms with Crippen LogP contribution >= 0.6 is 12.4 Å². The van der Waals surface area contributed by atoms with Crippen molar-refractivity contribution in [3.05, 3.63) is 53.9 Å². The van der Waals surface area contributed by atoms with Crippen LogP contribution < -0.4 is 10.5 Å². The predicted octanol–water partition coefficient (Wildman–Crippen LogP) is 2.73. The molecule has 0 spiro atoms. The zero-order valence-electron chi connectivity index (χ0n) is 14.2. The summed E-state index contributed by atoms with van der Waals surface area (Å²) in [6, 6.07) is 11.5. The Labute approximate surface area is 149 Å². The van der Waals surface area contributed by atoms with Crippen LogP contribution in [0, 0.1) is 0 Å². The van der Waals surface area contributed by atoms with Crippen LogP contribution in [0.2, 0.25) is 0 Å². The summed E-state index contributed by atoms with van der Waals surface area (Å²) in [4.78, 5) is 18.3. The first-order valence-electron chi connectivity index (χ1n) is 7.59. The van der Waals surface area contributed by atoms with Crippen LogP contribution in [0.15, 0.2) is 42.6 Å². The van der Waals surface area contributed by atoms with Crippen molar-refractivity contribution in [2.75, 3.05) is 19.9 Å². The molecule has 2 N–H and O–H groups in total. The lowest BCUT2D eigenvalue weighted by molar-refractivity contribution is -0.130. The molecule has 6 heteroatoms. The smallest absolute Gasteiger partial charge is 0.228 e. The molecule has 5 nitrogen and oxygen atoms in total. The van der Waals surface area contributed by atoms with E-state index in [1.165, 1.54) is 0 Å². The van der Waals surface area contributed by atoms with Gasteiger partial charge in [0, 0.05) is 18.8 Å².